The predicted molar refractivity (Wildman–Crippen MR) is 61.7 cm³/mol. The first-order chi connectivity index (χ1) is 8.54. The second-order valence-electron chi connectivity index (χ2n) is 4.07. The van der Waals surface area contributed by atoms with Crippen LogP contribution >= 0.6 is 0 Å². The molecule has 18 heavy (non-hydrogen) atoms. The Morgan fingerprint density at radius 3 is 2.39 bits per heavy atom. The molecule has 1 heterocycles. The van der Waals surface area contributed by atoms with Gasteiger partial charge in [-0.15, -0.1) is 0 Å². The number of nitrogens with one attached hydrogen (secondary N) is 2. The lowest BCUT2D eigenvalue weighted by Gasteiger charge is -2.25. The van der Waals surface area contributed by atoms with Gasteiger partial charge in [-0.1, -0.05) is 30.3 Å². The molecule has 0 aliphatic carbocycles. The van der Waals surface area contributed by atoms with E-state index in [0.717, 1.165) is 0 Å². The second-order valence-corrected chi connectivity index (χ2v) is 4.07. The standard InChI is InChI=1S/C12H12N2O4/c15-9(16)6-7-12(8-4-2-1-3-5-8)10(17)13-11(18)14-12/h1-5H,6-7H2,(H,15,16)(H2,13,14,17,18)/t12-/m1/s1. The van der Waals surface area contributed by atoms with Crippen LogP contribution in [-0.4, -0.2) is 23.0 Å². The molecule has 1 fully saturated rings. The minimum absolute atomic E-state index is 0.0178. The minimum atomic E-state index is -1.28. The van der Waals surface area contributed by atoms with Gasteiger partial charge in [0.05, 0.1) is 0 Å². The monoisotopic (exact) mass is 248 g/mol. The topological polar surface area (TPSA) is 95.5 Å². The summed E-state index contributed by atoms with van der Waals surface area (Å²) < 4.78 is 0. The molecule has 6 heteroatoms. The summed E-state index contributed by atoms with van der Waals surface area (Å²) in [7, 11) is 0. The van der Waals surface area contributed by atoms with Crippen molar-refractivity contribution in [1.82, 2.24) is 10.6 Å². The van der Waals surface area contributed by atoms with Crippen LogP contribution in [0.4, 0.5) is 4.79 Å². The van der Waals surface area contributed by atoms with Crippen LogP contribution in [0.15, 0.2) is 30.3 Å². The van der Waals surface area contributed by atoms with Crippen molar-refractivity contribution in [3.05, 3.63) is 35.9 Å². The summed E-state index contributed by atoms with van der Waals surface area (Å²) in [4.78, 5) is 33.9. The van der Waals surface area contributed by atoms with Crippen molar-refractivity contribution in [2.45, 2.75) is 18.4 Å². The predicted octanol–water partition coefficient (Wildman–Crippen LogP) is 0.586. The Labute approximate surface area is 103 Å². The molecule has 1 saturated heterocycles. The summed E-state index contributed by atoms with van der Waals surface area (Å²) >= 11 is 0. The number of imide groups is 1. The van der Waals surface area contributed by atoms with Crippen LogP contribution in [0.25, 0.3) is 0 Å². The Morgan fingerprint density at radius 2 is 1.89 bits per heavy atom. The molecule has 1 aromatic rings. The van der Waals surface area contributed by atoms with E-state index < -0.39 is 23.4 Å². The van der Waals surface area contributed by atoms with Gasteiger partial charge < -0.3 is 10.4 Å². The van der Waals surface area contributed by atoms with E-state index >= 15 is 0 Å². The third-order valence-electron chi connectivity index (χ3n) is 2.92. The van der Waals surface area contributed by atoms with Crippen molar-refractivity contribution in [2.24, 2.45) is 0 Å². The Bertz CT molecular complexity index is 500. The second kappa shape index (κ2) is 4.48. The Hall–Kier alpha value is -2.37. The average molecular weight is 248 g/mol. The molecule has 0 unspecified atom stereocenters. The Morgan fingerprint density at radius 1 is 1.22 bits per heavy atom. The number of rotatable bonds is 4. The number of urea groups is 1. The third-order valence-corrected chi connectivity index (χ3v) is 2.92. The molecule has 1 atom stereocenters. The summed E-state index contributed by atoms with van der Waals surface area (Å²) in [6, 6.07) is 8.02. The molecule has 3 N–H and O–H groups in total. The van der Waals surface area contributed by atoms with E-state index in [0.29, 0.717) is 5.56 Å². The normalized spacial score (nSPS) is 22.4. The molecule has 0 radical (unpaired) electrons. The molecular weight excluding hydrogens is 236 g/mol. The highest BCUT2D eigenvalue weighted by atomic mass is 16.4. The number of amides is 3. The van der Waals surface area contributed by atoms with Crippen LogP contribution in [0, 0.1) is 0 Å². The van der Waals surface area contributed by atoms with Gasteiger partial charge in [0.2, 0.25) is 0 Å². The number of hydrogen-bond donors (Lipinski definition) is 3. The van der Waals surface area contributed by atoms with Crippen molar-refractivity contribution in [1.29, 1.82) is 0 Å². The maximum Gasteiger partial charge on any atom is 0.322 e. The summed E-state index contributed by atoms with van der Waals surface area (Å²) in [5, 5.41) is 13.4. The van der Waals surface area contributed by atoms with E-state index in [4.69, 9.17) is 5.11 Å². The van der Waals surface area contributed by atoms with Crippen molar-refractivity contribution in [2.75, 3.05) is 0 Å². The molecule has 0 bridgehead atoms. The smallest absolute Gasteiger partial charge is 0.322 e. The van der Waals surface area contributed by atoms with Gasteiger partial charge in [0.25, 0.3) is 5.91 Å². The number of hydrogen-bond acceptors (Lipinski definition) is 3. The first-order valence-electron chi connectivity index (χ1n) is 5.45. The maximum absolute atomic E-state index is 11.9. The highest BCUT2D eigenvalue weighted by molar-refractivity contribution is 6.07. The quantitative estimate of drug-likeness (QED) is 0.679. The Balaban J connectivity index is 2.37. The first-order valence-corrected chi connectivity index (χ1v) is 5.45. The summed E-state index contributed by atoms with van der Waals surface area (Å²) in [6.45, 7) is 0. The van der Waals surface area contributed by atoms with Gasteiger partial charge in [-0.2, -0.15) is 0 Å². The fourth-order valence-corrected chi connectivity index (χ4v) is 2.03. The van der Waals surface area contributed by atoms with Gasteiger partial charge in [-0.05, 0) is 12.0 Å². The third kappa shape index (κ3) is 2.04. The summed E-state index contributed by atoms with van der Waals surface area (Å²) in [6.07, 6.45) is -0.188. The van der Waals surface area contributed by atoms with Crippen molar-refractivity contribution in [3.8, 4) is 0 Å². The highest BCUT2D eigenvalue weighted by Crippen LogP contribution is 2.29. The zero-order valence-corrected chi connectivity index (χ0v) is 9.47. The van der Waals surface area contributed by atoms with Crippen LogP contribution in [0.2, 0.25) is 0 Å². The molecule has 0 aromatic heterocycles. The lowest BCUT2D eigenvalue weighted by atomic mass is 9.85. The molecule has 1 aliphatic rings. The van der Waals surface area contributed by atoms with E-state index in [-0.39, 0.29) is 12.8 Å². The van der Waals surface area contributed by atoms with Gasteiger partial charge >= 0.3 is 12.0 Å². The number of carbonyl (C=O) groups excluding carboxylic acids is 2. The summed E-state index contributed by atoms with van der Waals surface area (Å²) in [5.41, 5.74) is -0.703. The van der Waals surface area contributed by atoms with Gasteiger partial charge in [0, 0.05) is 6.42 Å². The van der Waals surface area contributed by atoms with Crippen molar-refractivity contribution in [3.63, 3.8) is 0 Å². The maximum atomic E-state index is 11.9. The summed E-state index contributed by atoms with van der Waals surface area (Å²) in [5.74, 6) is -1.53. The average Bonchev–Trinajstić information content (AvgIpc) is 2.64. The van der Waals surface area contributed by atoms with Crippen LogP contribution in [0.1, 0.15) is 18.4 Å². The SMILES string of the molecule is O=C(O)CC[C@]1(c2ccccc2)NC(=O)NC1=O. The molecule has 1 aromatic carbocycles. The zero-order chi connectivity index (χ0) is 13.2. The molecule has 3 amide bonds. The fraction of sp³-hybridized carbons (Fsp3) is 0.250. The molecule has 0 spiro atoms. The van der Waals surface area contributed by atoms with Crippen LogP contribution in [0.5, 0.6) is 0 Å². The van der Waals surface area contributed by atoms with E-state index in [1.807, 2.05) is 0 Å². The van der Waals surface area contributed by atoms with Crippen LogP contribution < -0.4 is 10.6 Å². The van der Waals surface area contributed by atoms with Gasteiger partial charge in [0.15, 0.2) is 0 Å². The van der Waals surface area contributed by atoms with Gasteiger partial charge in [0.1, 0.15) is 5.54 Å². The number of benzene rings is 1. The molecular formula is C12H12N2O4. The van der Waals surface area contributed by atoms with E-state index in [1.165, 1.54) is 0 Å². The Kier molecular flexibility index (Phi) is 3.01. The van der Waals surface area contributed by atoms with Crippen molar-refractivity contribution < 1.29 is 19.5 Å². The largest absolute Gasteiger partial charge is 0.481 e. The van der Waals surface area contributed by atoms with E-state index in [1.54, 1.807) is 30.3 Å². The highest BCUT2D eigenvalue weighted by Gasteiger charge is 2.47. The molecule has 1 aliphatic heterocycles. The zero-order valence-electron chi connectivity index (χ0n) is 9.47. The molecule has 2 rings (SSSR count). The fourth-order valence-electron chi connectivity index (χ4n) is 2.03. The lowest BCUT2D eigenvalue weighted by molar-refractivity contribution is -0.137. The lowest BCUT2D eigenvalue weighted by Crippen LogP contribution is -2.44. The van der Waals surface area contributed by atoms with Gasteiger partial charge in [-0.3, -0.25) is 14.9 Å². The first kappa shape index (κ1) is 12.1. The molecule has 0 saturated carbocycles. The minimum Gasteiger partial charge on any atom is -0.481 e. The van der Waals surface area contributed by atoms with Gasteiger partial charge in [-0.25, -0.2) is 4.79 Å². The number of carboxylic acid groups (broad SMARTS) is 1. The molecule has 94 valence electrons. The number of carbonyl (C=O) groups is 3. The van der Waals surface area contributed by atoms with Crippen LogP contribution in [-0.2, 0) is 15.1 Å². The van der Waals surface area contributed by atoms with Crippen molar-refractivity contribution >= 4 is 17.9 Å². The number of carboxylic acids is 1. The van der Waals surface area contributed by atoms with E-state index in [9.17, 15) is 14.4 Å². The van der Waals surface area contributed by atoms with E-state index in [2.05, 4.69) is 10.6 Å². The molecule has 6 nitrogen and oxygen atoms in total. The van der Waals surface area contributed by atoms with Crippen LogP contribution in [0.3, 0.4) is 0 Å². The number of aliphatic carboxylic acids is 1.